The smallest absolute Gasteiger partial charge is 0.340 e. The number of nitro groups is 1. The van der Waals surface area contributed by atoms with Crippen LogP contribution in [0.3, 0.4) is 0 Å². The topological polar surface area (TPSA) is 108 Å². The molecule has 0 aliphatic rings. The maximum Gasteiger partial charge on any atom is 0.340 e. The van der Waals surface area contributed by atoms with Crippen molar-refractivity contribution in [3.8, 4) is 0 Å². The maximum atomic E-state index is 12.5. The van der Waals surface area contributed by atoms with E-state index in [9.17, 15) is 19.7 Å². The van der Waals surface area contributed by atoms with Crippen LogP contribution in [0.1, 0.15) is 31.8 Å². The molecule has 0 saturated heterocycles. The molecule has 0 aliphatic heterocycles. The second-order valence-corrected chi connectivity index (χ2v) is 6.20. The summed E-state index contributed by atoms with van der Waals surface area (Å²) in [5, 5.41) is 14.0. The number of ether oxygens (including phenoxy) is 2. The summed E-state index contributed by atoms with van der Waals surface area (Å²) < 4.78 is 10.1. The van der Waals surface area contributed by atoms with E-state index >= 15 is 0 Å². The first-order valence-corrected chi connectivity index (χ1v) is 8.62. The highest BCUT2D eigenvalue weighted by atomic mass is 16.6. The number of methoxy groups -OCH3 is 1. The van der Waals surface area contributed by atoms with E-state index < -0.39 is 17.5 Å². The Morgan fingerprint density at radius 1 is 1.11 bits per heavy atom. The Morgan fingerprint density at radius 2 is 1.86 bits per heavy atom. The molecule has 0 aromatic heterocycles. The molecule has 0 radical (unpaired) electrons. The first-order valence-electron chi connectivity index (χ1n) is 8.62. The zero-order chi connectivity index (χ0) is 20.7. The number of carbonyl (C=O) groups is 2. The van der Waals surface area contributed by atoms with Gasteiger partial charge in [-0.15, -0.1) is 0 Å². The van der Waals surface area contributed by atoms with Crippen LogP contribution in [0.4, 0.5) is 11.4 Å². The molecular weight excluding hydrogens is 364 g/mol. The van der Waals surface area contributed by atoms with Gasteiger partial charge in [0.05, 0.1) is 17.1 Å². The van der Waals surface area contributed by atoms with Crippen LogP contribution in [0, 0.1) is 24.0 Å². The van der Waals surface area contributed by atoms with Crippen molar-refractivity contribution in [2.45, 2.75) is 13.8 Å². The van der Waals surface area contributed by atoms with Crippen molar-refractivity contribution in [3.63, 3.8) is 0 Å². The first kappa shape index (κ1) is 21.0. The summed E-state index contributed by atoms with van der Waals surface area (Å²) in [6.45, 7) is 4.15. The van der Waals surface area contributed by atoms with E-state index in [1.165, 1.54) is 19.2 Å². The summed E-state index contributed by atoms with van der Waals surface area (Å²) in [4.78, 5) is 35.2. The molecule has 2 aromatic rings. The summed E-state index contributed by atoms with van der Waals surface area (Å²) in [5.74, 6) is -1.17. The largest absolute Gasteiger partial charge is 0.454 e. The van der Waals surface area contributed by atoms with Gasteiger partial charge in [0.25, 0.3) is 5.69 Å². The van der Waals surface area contributed by atoms with Crippen LogP contribution in [0.5, 0.6) is 0 Å². The number of hydrogen-bond acceptors (Lipinski definition) is 7. The van der Waals surface area contributed by atoms with Crippen molar-refractivity contribution in [2.75, 3.05) is 32.2 Å². The molecule has 28 heavy (non-hydrogen) atoms. The number of anilines is 1. The predicted molar refractivity (Wildman–Crippen MR) is 104 cm³/mol. The molecule has 2 aromatic carbocycles. The minimum absolute atomic E-state index is 0.0156. The van der Waals surface area contributed by atoms with Gasteiger partial charge in [-0.1, -0.05) is 12.1 Å². The van der Waals surface area contributed by atoms with Crippen LogP contribution in [0.25, 0.3) is 0 Å². The van der Waals surface area contributed by atoms with Crippen molar-refractivity contribution in [2.24, 2.45) is 0 Å². The van der Waals surface area contributed by atoms with Crippen molar-refractivity contribution in [3.05, 3.63) is 68.8 Å². The zero-order valence-corrected chi connectivity index (χ0v) is 16.0. The number of hydrogen-bond donors (Lipinski definition) is 1. The number of rotatable bonds is 9. The summed E-state index contributed by atoms with van der Waals surface area (Å²) in [7, 11) is 1.53. The number of aryl methyl sites for hydroxylation is 2. The fourth-order valence-corrected chi connectivity index (χ4v) is 2.46. The number of ketones is 1. The number of non-ortho nitro benzene ring substituents is 1. The van der Waals surface area contributed by atoms with Gasteiger partial charge in [-0.25, -0.2) is 4.79 Å². The van der Waals surface area contributed by atoms with E-state index in [1.54, 1.807) is 12.1 Å². The standard InChI is InChI=1S/C20H22N2O6/c1-13-4-5-15(10-14(13)2)19(23)12-28-20(24)17-11-16(22(25)26)6-7-18(17)21-8-9-27-3/h4-7,10-11,21H,8-9,12H2,1-3H3. The summed E-state index contributed by atoms with van der Waals surface area (Å²) >= 11 is 0. The van der Waals surface area contributed by atoms with Crippen LogP contribution in [0.2, 0.25) is 0 Å². The third kappa shape index (κ3) is 5.37. The maximum absolute atomic E-state index is 12.5. The third-order valence-corrected chi connectivity index (χ3v) is 4.22. The van der Waals surface area contributed by atoms with Crippen molar-refractivity contribution >= 4 is 23.1 Å². The van der Waals surface area contributed by atoms with E-state index in [0.717, 1.165) is 17.2 Å². The van der Waals surface area contributed by atoms with Crippen molar-refractivity contribution in [1.82, 2.24) is 0 Å². The van der Waals surface area contributed by atoms with E-state index in [2.05, 4.69) is 5.32 Å². The molecule has 0 fully saturated rings. The van der Waals surface area contributed by atoms with Crippen LogP contribution >= 0.6 is 0 Å². The highest BCUT2D eigenvalue weighted by Gasteiger charge is 2.19. The van der Waals surface area contributed by atoms with Gasteiger partial charge in [0.1, 0.15) is 0 Å². The Labute approximate surface area is 162 Å². The molecule has 0 unspecified atom stereocenters. The van der Waals surface area contributed by atoms with Gasteiger partial charge in [0, 0.05) is 37.0 Å². The average molecular weight is 386 g/mol. The highest BCUT2D eigenvalue weighted by molar-refractivity contribution is 6.01. The Balaban J connectivity index is 2.14. The molecule has 1 N–H and O–H groups in total. The number of esters is 1. The van der Waals surface area contributed by atoms with Crippen LogP contribution in [-0.4, -0.2) is 43.5 Å². The third-order valence-electron chi connectivity index (χ3n) is 4.22. The SMILES string of the molecule is COCCNc1ccc([N+](=O)[O-])cc1C(=O)OCC(=O)c1ccc(C)c(C)c1. The van der Waals surface area contributed by atoms with E-state index in [0.29, 0.717) is 24.4 Å². The monoisotopic (exact) mass is 386 g/mol. The lowest BCUT2D eigenvalue weighted by Gasteiger charge is -2.11. The molecule has 0 spiro atoms. The average Bonchev–Trinajstić information content (AvgIpc) is 2.68. The van der Waals surface area contributed by atoms with Crippen LogP contribution < -0.4 is 5.32 Å². The fourth-order valence-electron chi connectivity index (χ4n) is 2.46. The number of nitrogens with zero attached hydrogens (tertiary/aromatic N) is 1. The second-order valence-electron chi connectivity index (χ2n) is 6.20. The van der Waals surface area contributed by atoms with Crippen molar-refractivity contribution in [1.29, 1.82) is 0 Å². The predicted octanol–water partition coefficient (Wildman–Crippen LogP) is 3.31. The number of nitrogens with one attached hydrogen (secondary N) is 1. The number of benzene rings is 2. The molecule has 8 heteroatoms. The highest BCUT2D eigenvalue weighted by Crippen LogP contribution is 2.23. The lowest BCUT2D eigenvalue weighted by Crippen LogP contribution is -2.17. The van der Waals surface area contributed by atoms with Gasteiger partial charge in [-0.2, -0.15) is 0 Å². The van der Waals surface area contributed by atoms with Gasteiger partial charge in [-0.05, 0) is 37.1 Å². The first-order chi connectivity index (χ1) is 13.3. The molecule has 148 valence electrons. The Kier molecular flexibility index (Phi) is 7.22. The lowest BCUT2D eigenvalue weighted by molar-refractivity contribution is -0.384. The molecule has 0 heterocycles. The molecular formula is C20H22N2O6. The quantitative estimate of drug-likeness (QED) is 0.232. The van der Waals surface area contributed by atoms with Crippen LogP contribution in [-0.2, 0) is 9.47 Å². The summed E-state index contributed by atoms with van der Waals surface area (Å²) in [5.41, 5.74) is 2.56. The molecule has 0 saturated carbocycles. The number of Topliss-reactive ketones (excluding diaryl/α,β-unsaturated/α-hetero) is 1. The van der Waals surface area contributed by atoms with E-state index in [-0.39, 0.29) is 17.0 Å². The second kappa shape index (κ2) is 9.61. The normalized spacial score (nSPS) is 10.4. The summed E-state index contributed by atoms with van der Waals surface area (Å²) in [6.07, 6.45) is 0. The van der Waals surface area contributed by atoms with Gasteiger partial charge in [0.15, 0.2) is 12.4 Å². The molecule has 2 rings (SSSR count). The van der Waals surface area contributed by atoms with E-state index in [1.807, 2.05) is 19.9 Å². The Morgan fingerprint density at radius 3 is 2.50 bits per heavy atom. The molecule has 0 aliphatic carbocycles. The Bertz CT molecular complexity index is 894. The van der Waals surface area contributed by atoms with Crippen molar-refractivity contribution < 1.29 is 24.0 Å². The van der Waals surface area contributed by atoms with Gasteiger partial charge >= 0.3 is 5.97 Å². The number of carbonyl (C=O) groups excluding carboxylic acids is 2. The minimum atomic E-state index is -0.819. The molecule has 0 atom stereocenters. The lowest BCUT2D eigenvalue weighted by atomic mass is 10.0. The zero-order valence-electron chi connectivity index (χ0n) is 16.0. The molecule has 0 bridgehead atoms. The minimum Gasteiger partial charge on any atom is -0.454 e. The van der Waals surface area contributed by atoms with Gasteiger partial charge in [0.2, 0.25) is 0 Å². The van der Waals surface area contributed by atoms with E-state index in [4.69, 9.17) is 9.47 Å². The van der Waals surface area contributed by atoms with Crippen LogP contribution in [0.15, 0.2) is 36.4 Å². The van der Waals surface area contributed by atoms with Gasteiger partial charge in [-0.3, -0.25) is 14.9 Å². The van der Waals surface area contributed by atoms with Gasteiger partial charge < -0.3 is 14.8 Å². The molecule has 8 nitrogen and oxygen atoms in total. The Hall–Kier alpha value is -3.26. The number of nitro benzene ring substituents is 1. The fraction of sp³-hybridized carbons (Fsp3) is 0.300. The summed E-state index contributed by atoms with van der Waals surface area (Å²) in [6, 6.07) is 9.06. The molecule has 0 amide bonds.